The predicted molar refractivity (Wildman–Crippen MR) is 73.1 cm³/mol. The van der Waals surface area contributed by atoms with Gasteiger partial charge in [0, 0.05) is 12.1 Å². The van der Waals surface area contributed by atoms with Gasteiger partial charge in [0.25, 0.3) is 0 Å². The van der Waals surface area contributed by atoms with Crippen LogP contribution in [0.3, 0.4) is 0 Å². The summed E-state index contributed by atoms with van der Waals surface area (Å²) in [4.78, 5) is 10.9. The smallest absolute Gasteiger partial charge is 0.324 e. The van der Waals surface area contributed by atoms with Crippen molar-refractivity contribution in [1.29, 1.82) is 0 Å². The van der Waals surface area contributed by atoms with Crippen LogP contribution in [0.1, 0.15) is 13.8 Å². The van der Waals surface area contributed by atoms with Gasteiger partial charge in [0.05, 0.1) is 5.02 Å². The molecule has 106 valence electrons. The molecule has 0 radical (unpaired) electrons. The lowest BCUT2D eigenvalue weighted by atomic mass is 10.1. The summed E-state index contributed by atoms with van der Waals surface area (Å²) in [5.41, 5.74) is -1.61. The van der Waals surface area contributed by atoms with E-state index in [1.165, 1.54) is 39.1 Å². The topological polar surface area (TPSA) is 74.7 Å². The molecule has 0 aliphatic carbocycles. The van der Waals surface area contributed by atoms with Crippen LogP contribution >= 0.6 is 23.2 Å². The van der Waals surface area contributed by atoms with Crippen molar-refractivity contribution < 1.29 is 18.3 Å². The first-order chi connectivity index (χ1) is 8.51. The highest BCUT2D eigenvalue weighted by Gasteiger charge is 2.40. The second-order valence-electron chi connectivity index (χ2n) is 4.41. The van der Waals surface area contributed by atoms with Gasteiger partial charge in [0.1, 0.15) is 10.4 Å². The number of hydrogen-bond acceptors (Lipinski definition) is 3. The minimum Gasteiger partial charge on any atom is -0.480 e. The number of carbonyl (C=O) groups is 1. The van der Waals surface area contributed by atoms with E-state index in [4.69, 9.17) is 28.3 Å². The van der Waals surface area contributed by atoms with E-state index < -0.39 is 21.5 Å². The maximum atomic E-state index is 12.4. The van der Waals surface area contributed by atoms with E-state index >= 15 is 0 Å². The number of aliphatic carboxylic acids is 1. The van der Waals surface area contributed by atoms with Crippen molar-refractivity contribution in [2.75, 3.05) is 7.05 Å². The first-order valence-electron chi connectivity index (χ1n) is 5.18. The Balaban J connectivity index is 3.40. The fourth-order valence-electron chi connectivity index (χ4n) is 1.26. The Morgan fingerprint density at radius 3 is 2.32 bits per heavy atom. The lowest BCUT2D eigenvalue weighted by Gasteiger charge is -2.30. The van der Waals surface area contributed by atoms with E-state index in [0.29, 0.717) is 0 Å². The number of carboxylic acids is 1. The molecule has 0 aliphatic rings. The van der Waals surface area contributed by atoms with Crippen LogP contribution in [-0.2, 0) is 14.8 Å². The van der Waals surface area contributed by atoms with Crippen molar-refractivity contribution in [3.63, 3.8) is 0 Å². The molecule has 1 rings (SSSR count). The van der Waals surface area contributed by atoms with Crippen LogP contribution in [-0.4, -0.2) is 36.4 Å². The van der Waals surface area contributed by atoms with Gasteiger partial charge in [0.2, 0.25) is 10.0 Å². The molecule has 0 aromatic heterocycles. The molecule has 0 saturated heterocycles. The molecule has 19 heavy (non-hydrogen) atoms. The number of benzene rings is 1. The van der Waals surface area contributed by atoms with E-state index in [-0.39, 0.29) is 14.9 Å². The Kier molecular flexibility index (Phi) is 4.51. The van der Waals surface area contributed by atoms with Crippen molar-refractivity contribution in [3.8, 4) is 0 Å². The van der Waals surface area contributed by atoms with Gasteiger partial charge >= 0.3 is 5.97 Å². The standard InChI is InChI=1S/C11H13Cl2NO4S/c1-11(2,10(15)16)14(3)19(17,18)9-6-7(12)4-5-8(9)13/h4-6H,1-3H3,(H,15,16). The Bertz CT molecular complexity index is 613. The van der Waals surface area contributed by atoms with E-state index in [1.807, 2.05) is 0 Å². The van der Waals surface area contributed by atoms with Gasteiger partial charge in [-0.3, -0.25) is 4.79 Å². The summed E-state index contributed by atoms with van der Waals surface area (Å²) >= 11 is 11.6. The third-order valence-electron chi connectivity index (χ3n) is 2.84. The second-order valence-corrected chi connectivity index (χ2v) is 7.19. The molecule has 0 saturated carbocycles. The number of sulfonamides is 1. The number of likely N-dealkylation sites (N-methyl/N-ethyl adjacent to an activating group) is 1. The Morgan fingerprint density at radius 1 is 1.32 bits per heavy atom. The minimum atomic E-state index is -4.06. The zero-order chi connectivity index (χ0) is 15.0. The van der Waals surface area contributed by atoms with Crippen molar-refractivity contribution in [2.45, 2.75) is 24.3 Å². The number of hydrogen-bond donors (Lipinski definition) is 1. The van der Waals surface area contributed by atoms with E-state index in [1.54, 1.807) is 0 Å². The predicted octanol–water partition coefficient (Wildman–Crippen LogP) is 2.48. The van der Waals surface area contributed by atoms with E-state index in [0.717, 1.165) is 4.31 Å². The average Bonchev–Trinajstić information content (AvgIpc) is 2.30. The van der Waals surface area contributed by atoms with Crippen LogP contribution in [0.4, 0.5) is 0 Å². The molecule has 0 bridgehead atoms. The minimum absolute atomic E-state index is 0.0163. The normalized spacial score (nSPS) is 12.7. The molecule has 5 nitrogen and oxygen atoms in total. The van der Waals surface area contributed by atoms with E-state index in [9.17, 15) is 13.2 Å². The molecule has 1 aromatic carbocycles. The van der Waals surface area contributed by atoms with Crippen molar-refractivity contribution in [2.24, 2.45) is 0 Å². The molecular weight excluding hydrogens is 313 g/mol. The maximum absolute atomic E-state index is 12.4. The van der Waals surface area contributed by atoms with Gasteiger partial charge in [-0.2, -0.15) is 4.31 Å². The Labute approximate surface area is 121 Å². The van der Waals surface area contributed by atoms with Crippen LogP contribution in [0, 0.1) is 0 Å². The summed E-state index contributed by atoms with van der Waals surface area (Å²) < 4.78 is 25.5. The van der Waals surface area contributed by atoms with Crippen molar-refractivity contribution in [1.82, 2.24) is 4.31 Å². The molecule has 0 aliphatic heterocycles. The van der Waals surface area contributed by atoms with Crippen LogP contribution in [0.25, 0.3) is 0 Å². The molecule has 0 amide bonds. The summed E-state index contributed by atoms with van der Waals surface area (Å²) in [6.07, 6.45) is 0. The summed E-state index contributed by atoms with van der Waals surface area (Å²) in [6.45, 7) is 2.57. The maximum Gasteiger partial charge on any atom is 0.324 e. The molecule has 0 spiro atoms. The third kappa shape index (κ3) is 3.02. The fourth-order valence-corrected chi connectivity index (χ4v) is 3.47. The molecule has 1 aromatic rings. The lowest BCUT2D eigenvalue weighted by molar-refractivity contribution is -0.145. The first kappa shape index (κ1) is 16.2. The summed E-state index contributed by atoms with van der Waals surface area (Å²) in [7, 11) is -2.88. The molecule has 0 unspecified atom stereocenters. The van der Waals surface area contributed by atoms with Crippen molar-refractivity contribution >= 4 is 39.2 Å². The van der Waals surface area contributed by atoms with E-state index in [2.05, 4.69) is 0 Å². The average molecular weight is 326 g/mol. The fraction of sp³-hybridized carbons (Fsp3) is 0.364. The molecule has 8 heteroatoms. The second kappa shape index (κ2) is 5.28. The Morgan fingerprint density at radius 2 is 1.84 bits per heavy atom. The van der Waals surface area contributed by atoms with Gasteiger partial charge in [-0.15, -0.1) is 0 Å². The highest BCUT2D eigenvalue weighted by Crippen LogP contribution is 2.30. The van der Waals surface area contributed by atoms with Crippen molar-refractivity contribution in [3.05, 3.63) is 28.2 Å². The van der Waals surface area contributed by atoms with Gasteiger partial charge in [-0.05, 0) is 32.0 Å². The first-order valence-corrected chi connectivity index (χ1v) is 7.38. The number of nitrogens with zero attached hydrogens (tertiary/aromatic N) is 1. The number of halogens is 2. The SMILES string of the molecule is CN(C(C)(C)C(=O)O)S(=O)(=O)c1cc(Cl)ccc1Cl. The largest absolute Gasteiger partial charge is 0.480 e. The number of carboxylic acid groups (broad SMARTS) is 1. The molecule has 0 atom stereocenters. The van der Waals surface area contributed by atoms with Crippen LogP contribution in [0.15, 0.2) is 23.1 Å². The third-order valence-corrected chi connectivity index (χ3v) is 5.59. The van der Waals surface area contributed by atoms with Crippen LogP contribution < -0.4 is 0 Å². The number of rotatable bonds is 4. The van der Waals surface area contributed by atoms with Crippen LogP contribution in [0.2, 0.25) is 10.0 Å². The molecule has 0 heterocycles. The zero-order valence-electron chi connectivity index (χ0n) is 10.5. The van der Waals surface area contributed by atoms with Gasteiger partial charge in [0.15, 0.2) is 0 Å². The van der Waals surface area contributed by atoms with Gasteiger partial charge < -0.3 is 5.11 Å². The van der Waals surface area contributed by atoms with Crippen LogP contribution in [0.5, 0.6) is 0 Å². The summed E-state index contributed by atoms with van der Waals surface area (Å²) in [5.74, 6) is -1.27. The van der Waals surface area contributed by atoms with Gasteiger partial charge in [-0.1, -0.05) is 23.2 Å². The molecular formula is C11H13Cl2NO4S. The summed E-state index contributed by atoms with van der Waals surface area (Å²) in [6, 6.07) is 3.98. The monoisotopic (exact) mass is 325 g/mol. The lowest BCUT2D eigenvalue weighted by Crippen LogP contribution is -2.50. The quantitative estimate of drug-likeness (QED) is 0.922. The highest BCUT2D eigenvalue weighted by atomic mass is 35.5. The molecule has 1 N–H and O–H groups in total. The zero-order valence-corrected chi connectivity index (χ0v) is 12.8. The summed E-state index contributed by atoms with van der Waals surface area (Å²) in [5, 5.41) is 9.26. The van der Waals surface area contributed by atoms with Gasteiger partial charge in [-0.25, -0.2) is 8.42 Å². The highest BCUT2D eigenvalue weighted by molar-refractivity contribution is 7.89. The molecule has 0 fully saturated rings. The Hall–Kier alpha value is -0.820.